The van der Waals surface area contributed by atoms with Gasteiger partial charge in [0, 0.05) is 0 Å². The number of carbonyl (C=O) groups is 1. The Labute approximate surface area is 84.5 Å². The summed E-state index contributed by atoms with van der Waals surface area (Å²) in [6.07, 6.45) is 2.75. The van der Waals surface area contributed by atoms with Crippen LogP contribution in [0, 0.1) is 0 Å². The van der Waals surface area contributed by atoms with Crippen LogP contribution >= 0.6 is 11.8 Å². The molecule has 0 bridgehead atoms. The zero-order chi connectivity index (χ0) is 9.97. The van der Waals surface area contributed by atoms with E-state index in [0.717, 1.165) is 18.2 Å². The largest absolute Gasteiger partial charge is 0.476 e. The second kappa shape index (κ2) is 3.93. The van der Waals surface area contributed by atoms with Crippen molar-refractivity contribution in [1.29, 1.82) is 0 Å². The van der Waals surface area contributed by atoms with Crippen LogP contribution in [0.2, 0.25) is 0 Å². The molecule has 0 radical (unpaired) electrons. The molecule has 1 aliphatic rings. The molecule has 0 spiro atoms. The maximum atomic E-state index is 10.5. The van der Waals surface area contributed by atoms with Gasteiger partial charge in [0.1, 0.15) is 5.03 Å². The molecule has 1 aromatic heterocycles. The predicted molar refractivity (Wildman–Crippen MR) is 49.5 cm³/mol. The minimum Gasteiger partial charge on any atom is -0.476 e. The molecule has 5 nitrogen and oxygen atoms in total. The summed E-state index contributed by atoms with van der Waals surface area (Å²) in [5.74, 6) is -1.05. The summed E-state index contributed by atoms with van der Waals surface area (Å²) in [4.78, 5) is 18.2. The van der Waals surface area contributed by atoms with Gasteiger partial charge >= 0.3 is 5.97 Å². The van der Waals surface area contributed by atoms with Crippen LogP contribution in [0.15, 0.2) is 17.4 Å². The van der Waals surface area contributed by atoms with Gasteiger partial charge in [0.2, 0.25) is 0 Å². The molecule has 1 aromatic rings. The number of hydrogen-bond acceptors (Lipinski definition) is 5. The van der Waals surface area contributed by atoms with Gasteiger partial charge in [-0.05, 0) is 0 Å². The molecule has 0 unspecified atom stereocenters. The monoisotopic (exact) mass is 212 g/mol. The molecule has 14 heavy (non-hydrogen) atoms. The van der Waals surface area contributed by atoms with Gasteiger partial charge in [0.15, 0.2) is 5.69 Å². The number of ether oxygens (including phenoxy) is 1. The van der Waals surface area contributed by atoms with Crippen molar-refractivity contribution in [2.75, 3.05) is 13.2 Å². The lowest BCUT2D eigenvalue weighted by Crippen LogP contribution is -2.30. The topological polar surface area (TPSA) is 72.3 Å². The maximum absolute atomic E-state index is 10.5. The average Bonchev–Trinajstić information content (AvgIpc) is 2.12. The Balaban J connectivity index is 2.01. The first kappa shape index (κ1) is 9.42. The smallest absolute Gasteiger partial charge is 0.356 e. The number of aromatic nitrogens is 2. The summed E-state index contributed by atoms with van der Waals surface area (Å²) in [5, 5.41) is 9.76. The average molecular weight is 212 g/mol. The molecule has 2 heterocycles. The third-order valence-electron chi connectivity index (χ3n) is 1.74. The van der Waals surface area contributed by atoms with Crippen LogP contribution in [-0.2, 0) is 4.74 Å². The predicted octanol–water partition coefficient (Wildman–Crippen LogP) is 0.666. The minimum absolute atomic E-state index is 0.0285. The van der Waals surface area contributed by atoms with Crippen LogP contribution in [0.1, 0.15) is 10.5 Å². The summed E-state index contributed by atoms with van der Waals surface area (Å²) >= 11 is 1.56. The van der Waals surface area contributed by atoms with Crippen molar-refractivity contribution in [3.05, 3.63) is 18.1 Å². The first-order valence-electron chi connectivity index (χ1n) is 4.05. The van der Waals surface area contributed by atoms with Gasteiger partial charge in [-0.2, -0.15) is 0 Å². The van der Waals surface area contributed by atoms with E-state index in [1.165, 1.54) is 12.4 Å². The molecule has 1 N–H and O–H groups in total. The van der Waals surface area contributed by atoms with Gasteiger partial charge in [0.05, 0.1) is 30.9 Å². The molecule has 74 valence electrons. The number of hydrogen-bond donors (Lipinski definition) is 1. The molecule has 0 aliphatic carbocycles. The quantitative estimate of drug-likeness (QED) is 0.793. The summed E-state index contributed by atoms with van der Waals surface area (Å²) < 4.78 is 5.01. The van der Waals surface area contributed by atoms with Crippen LogP contribution in [-0.4, -0.2) is 39.5 Å². The first-order valence-corrected chi connectivity index (χ1v) is 4.93. The van der Waals surface area contributed by atoms with Crippen molar-refractivity contribution in [2.45, 2.75) is 10.3 Å². The van der Waals surface area contributed by atoms with E-state index >= 15 is 0 Å². The normalized spacial score (nSPS) is 16.3. The molecule has 0 atom stereocenters. The highest BCUT2D eigenvalue weighted by Gasteiger charge is 2.20. The molecular formula is C8H8N2O3S. The van der Waals surface area contributed by atoms with Crippen LogP contribution in [0.4, 0.5) is 0 Å². The van der Waals surface area contributed by atoms with Crippen molar-refractivity contribution >= 4 is 17.7 Å². The van der Waals surface area contributed by atoms with Gasteiger partial charge in [-0.1, -0.05) is 11.8 Å². The lowest BCUT2D eigenvalue weighted by atomic mass is 10.4. The molecule has 1 aliphatic heterocycles. The fourth-order valence-electron chi connectivity index (χ4n) is 0.940. The first-order chi connectivity index (χ1) is 6.75. The molecule has 1 fully saturated rings. The van der Waals surface area contributed by atoms with E-state index in [-0.39, 0.29) is 5.69 Å². The van der Waals surface area contributed by atoms with E-state index < -0.39 is 5.97 Å². The zero-order valence-corrected chi connectivity index (χ0v) is 8.03. The van der Waals surface area contributed by atoms with E-state index in [1.54, 1.807) is 11.8 Å². The Kier molecular flexibility index (Phi) is 2.64. The number of carboxylic acids is 1. The highest BCUT2D eigenvalue weighted by Crippen LogP contribution is 2.25. The Bertz CT molecular complexity index is 337. The van der Waals surface area contributed by atoms with Crippen LogP contribution in [0.25, 0.3) is 0 Å². The molecule has 2 rings (SSSR count). The Morgan fingerprint density at radius 1 is 1.50 bits per heavy atom. The summed E-state index contributed by atoms with van der Waals surface area (Å²) in [6.45, 7) is 1.46. The fraction of sp³-hybridized carbons (Fsp3) is 0.375. The molecular weight excluding hydrogens is 204 g/mol. The van der Waals surface area contributed by atoms with Gasteiger partial charge in [0.25, 0.3) is 0 Å². The highest BCUT2D eigenvalue weighted by molar-refractivity contribution is 8.00. The Morgan fingerprint density at radius 2 is 2.29 bits per heavy atom. The number of carboxylic acid groups (broad SMARTS) is 1. The Hall–Kier alpha value is -1.14. The fourth-order valence-corrected chi connectivity index (χ4v) is 1.84. The van der Waals surface area contributed by atoms with Crippen LogP contribution < -0.4 is 0 Å². The zero-order valence-electron chi connectivity index (χ0n) is 7.21. The van der Waals surface area contributed by atoms with Crippen LogP contribution in [0.3, 0.4) is 0 Å². The van der Waals surface area contributed by atoms with Gasteiger partial charge in [-0.3, -0.25) is 0 Å². The molecule has 6 heteroatoms. The van der Waals surface area contributed by atoms with E-state index in [9.17, 15) is 4.79 Å². The Morgan fingerprint density at radius 3 is 2.71 bits per heavy atom. The highest BCUT2D eigenvalue weighted by atomic mass is 32.2. The van der Waals surface area contributed by atoms with Crippen molar-refractivity contribution in [3.63, 3.8) is 0 Å². The SMILES string of the molecule is O=C(O)c1cnc(SC2COC2)cn1. The maximum Gasteiger partial charge on any atom is 0.356 e. The van der Waals surface area contributed by atoms with E-state index in [2.05, 4.69) is 9.97 Å². The minimum atomic E-state index is -1.05. The van der Waals surface area contributed by atoms with Crippen molar-refractivity contribution in [3.8, 4) is 0 Å². The molecule has 0 aromatic carbocycles. The van der Waals surface area contributed by atoms with E-state index in [0.29, 0.717) is 5.25 Å². The standard InChI is InChI=1S/C8H8N2O3S/c11-8(12)6-1-10-7(2-9-6)14-5-3-13-4-5/h1-2,5H,3-4H2,(H,11,12). The third-order valence-corrected chi connectivity index (χ3v) is 2.80. The summed E-state index contributed by atoms with van der Waals surface area (Å²) in [5.41, 5.74) is -0.0285. The van der Waals surface area contributed by atoms with Crippen molar-refractivity contribution < 1.29 is 14.6 Å². The van der Waals surface area contributed by atoms with Crippen molar-refractivity contribution in [2.24, 2.45) is 0 Å². The lowest BCUT2D eigenvalue weighted by Gasteiger charge is -2.24. The second-order valence-corrected chi connectivity index (χ2v) is 4.14. The number of thioether (sulfide) groups is 1. The van der Waals surface area contributed by atoms with Gasteiger partial charge < -0.3 is 9.84 Å². The molecule has 1 saturated heterocycles. The third kappa shape index (κ3) is 2.02. The van der Waals surface area contributed by atoms with Crippen LogP contribution in [0.5, 0.6) is 0 Å². The number of rotatable bonds is 3. The molecule has 0 saturated carbocycles. The van der Waals surface area contributed by atoms with Crippen molar-refractivity contribution in [1.82, 2.24) is 9.97 Å². The lowest BCUT2D eigenvalue weighted by molar-refractivity contribution is 0.0454. The van der Waals surface area contributed by atoms with E-state index in [1.807, 2.05) is 0 Å². The number of aromatic carboxylic acids is 1. The van der Waals surface area contributed by atoms with Gasteiger partial charge in [-0.15, -0.1) is 0 Å². The van der Waals surface area contributed by atoms with Gasteiger partial charge in [-0.25, -0.2) is 14.8 Å². The summed E-state index contributed by atoms with van der Waals surface area (Å²) in [6, 6.07) is 0. The number of nitrogens with zero attached hydrogens (tertiary/aromatic N) is 2. The summed E-state index contributed by atoms with van der Waals surface area (Å²) in [7, 11) is 0. The molecule has 0 amide bonds. The van der Waals surface area contributed by atoms with E-state index in [4.69, 9.17) is 9.84 Å². The second-order valence-electron chi connectivity index (χ2n) is 2.82.